The first kappa shape index (κ1) is 27.5. The van der Waals surface area contributed by atoms with Crippen molar-refractivity contribution in [3.63, 3.8) is 0 Å². The number of halogens is 1. The molecule has 0 N–H and O–H groups in total. The third-order valence-electron chi connectivity index (χ3n) is 5.86. The molecule has 0 unspecified atom stereocenters. The Morgan fingerprint density at radius 2 is 1.84 bits per heavy atom. The van der Waals surface area contributed by atoms with Crippen molar-refractivity contribution >= 4 is 35.0 Å². The lowest BCUT2D eigenvalue weighted by Crippen LogP contribution is -2.40. The minimum absolute atomic E-state index is 0.0654. The molecule has 38 heavy (non-hydrogen) atoms. The number of aromatic nitrogens is 1. The third kappa shape index (κ3) is 5.35. The Bertz CT molecular complexity index is 1590. The number of rotatable bonds is 8. The van der Waals surface area contributed by atoms with E-state index in [0.29, 0.717) is 48.4 Å². The first-order valence-corrected chi connectivity index (χ1v) is 13.3. The average Bonchev–Trinajstić information content (AvgIpc) is 3.18. The van der Waals surface area contributed by atoms with E-state index in [1.54, 1.807) is 63.4 Å². The molecule has 4 rings (SSSR count). The minimum atomic E-state index is -0.780. The lowest BCUT2D eigenvalue weighted by Gasteiger charge is -2.25. The average molecular weight is 557 g/mol. The molecular weight excluding hydrogens is 528 g/mol. The van der Waals surface area contributed by atoms with E-state index in [0.717, 1.165) is 0 Å². The van der Waals surface area contributed by atoms with E-state index >= 15 is 0 Å². The number of hydrogen-bond acceptors (Lipinski definition) is 8. The summed E-state index contributed by atoms with van der Waals surface area (Å²) in [7, 11) is 3.07. The van der Waals surface area contributed by atoms with Crippen LogP contribution in [0.25, 0.3) is 6.08 Å². The fourth-order valence-electron chi connectivity index (χ4n) is 4.26. The van der Waals surface area contributed by atoms with Crippen LogP contribution in [0.3, 0.4) is 0 Å². The lowest BCUT2D eigenvalue weighted by molar-refractivity contribution is -0.139. The maximum Gasteiger partial charge on any atom is 0.338 e. The molecule has 1 aliphatic heterocycles. The van der Waals surface area contributed by atoms with Gasteiger partial charge in [0.2, 0.25) is 0 Å². The summed E-state index contributed by atoms with van der Waals surface area (Å²) in [5.41, 5.74) is 1.77. The van der Waals surface area contributed by atoms with Gasteiger partial charge in [0.05, 0.1) is 48.8 Å². The zero-order valence-corrected chi connectivity index (χ0v) is 23.6. The highest BCUT2D eigenvalue weighted by Crippen LogP contribution is 2.36. The van der Waals surface area contributed by atoms with Gasteiger partial charge in [-0.15, -0.1) is 0 Å². The number of fused-ring (bicyclic) bond motifs is 1. The number of methoxy groups -OCH3 is 2. The Morgan fingerprint density at radius 1 is 1.13 bits per heavy atom. The molecule has 2 heterocycles. The van der Waals surface area contributed by atoms with Crippen LogP contribution in [0.5, 0.6) is 17.2 Å². The number of thiazole rings is 1. The highest BCUT2D eigenvalue weighted by molar-refractivity contribution is 7.07. The van der Waals surface area contributed by atoms with E-state index in [2.05, 4.69) is 4.99 Å². The summed E-state index contributed by atoms with van der Waals surface area (Å²) in [5, 5.41) is 0.517. The molecule has 2 aromatic carbocycles. The molecule has 0 saturated heterocycles. The number of benzene rings is 2. The van der Waals surface area contributed by atoms with E-state index in [4.69, 9.17) is 30.5 Å². The highest BCUT2D eigenvalue weighted by Gasteiger charge is 2.34. The minimum Gasteiger partial charge on any atom is -0.493 e. The van der Waals surface area contributed by atoms with Crippen molar-refractivity contribution in [2.45, 2.75) is 39.8 Å². The summed E-state index contributed by atoms with van der Waals surface area (Å²) in [6.45, 7) is 7.51. The Balaban J connectivity index is 1.97. The Morgan fingerprint density at radius 3 is 2.50 bits per heavy atom. The topological polar surface area (TPSA) is 88.4 Å². The lowest BCUT2D eigenvalue weighted by atomic mass is 9.95. The molecular formula is C28H29ClN2O6S. The predicted molar refractivity (Wildman–Crippen MR) is 147 cm³/mol. The zero-order valence-electron chi connectivity index (χ0n) is 22.0. The molecule has 10 heteroatoms. The molecule has 0 amide bonds. The van der Waals surface area contributed by atoms with Gasteiger partial charge in [-0.2, -0.15) is 0 Å². The van der Waals surface area contributed by atoms with Gasteiger partial charge in [-0.1, -0.05) is 29.0 Å². The smallest absolute Gasteiger partial charge is 0.338 e. The van der Waals surface area contributed by atoms with Gasteiger partial charge in [0.1, 0.15) is 5.75 Å². The van der Waals surface area contributed by atoms with Crippen LogP contribution in [-0.2, 0) is 9.53 Å². The number of esters is 1. The summed E-state index contributed by atoms with van der Waals surface area (Å²) in [6.07, 6.45) is 1.67. The summed E-state index contributed by atoms with van der Waals surface area (Å²) in [5.74, 6) is 1.07. The second-order valence-electron chi connectivity index (χ2n) is 8.77. The molecule has 0 bridgehead atoms. The normalized spacial score (nSPS) is 15.3. The van der Waals surface area contributed by atoms with E-state index in [1.807, 2.05) is 13.8 Å². The molecule has 0 radical (unpaired) electrons. The van der Waals surface area contributed by atoms with Crippen LogP contribution < -0.4 is 29.1 Å². The Hall–Kier alpha value is -3.56. The van der Waals surface area contributed by atoms with Crippen molar-refractivity contribution in [1.82, 2.24) is 4.57 Å². The molecule has 0 aliphatic carbocycles. The van der Waals surface area contributed by atoms with Crippen LogP contribution in [0, 0.1) is 0 Å². The Kier molecular flexibility index (Phi) is 8.28. The highest BCUT2D eigenvalue weighted by atomic mass is 35.5. The van der Waals surface area contributed by atoms with Gasteiger partial charge in [0.15, 0.2) is 16.3 Å². The second kappa shape index (κ2) is 11.4. The molecule has 3 aromatic rings. The maximum atomic E-state index is 13.9. The molecule has 1 atom stereocenters. The summed E-state index contributed by atoms with van der Waals surface area (Å²) in [4.78, 5) is 32.1. The quantitative estimate of drug-likeness (QED) is 0.385. The van der Waals surface area contributed by atoms with Crippen molar-refractivity contribution < 1.29 is 23.7 Å². The van der Waals surface area contributed by atoms with E-state index in [9.17, 15) is 9.59 Å². The van der Waals surface area contributed by atoms with E-state index < -0.39 is 12.0 Å². The fraction of sp³-hybridized carbons (Fsp3) is 0.321. The molecule has 8 nitrogen and oxygen atoms in total. The van der Waals surface area contributed by atoms with Crippen molar-refractivity contribution in [2.24, 2.45) is 4.99 Å². The van der Waals surface area contributed by atoms with E-state index in [1.165, 1.54) is 23.0 Å². The monoisotopic (exact) mass is 556 g/mol. The molecule has 200 valence electrons. The maximum absolute atomic E-state index is 13.9. The SMILES string of the molecule is CCOC(=O)C1=C(C)N=c2s/c(=C/c3cc(Cl)ccc3OC(C)C)c(=O)n2[C@@H]1c1ccc(OC)c(OC)c1. The largest absolute Gasteiger partial charge is 0.493 e. The summed E-state index contributed by atoms with van der Waals surface area (Å²) < 4.78 is 24.1. The molecule has 0 spiro atoms. The number of allylic oxidation sites excluding steroid dienone is 1. The van der Waals surface area contributed by atoms with Crippen LogP contribution in [-0.4, -0.2) is 37.5 Å². The van der Waals surface area contributed by atoms with Gasteiger partial charge < -0.3 is 18.9 Å². The van der Waals surface area contributed by atoms with Crippen molar-refractivity contribution in [3.8, 4) is 17.2 Å². The van der Waals surface area contributed by atoms with Gasteiger partial charge in [-0.3, -0.25) is 9.36 Å². The van der Waals surface area contributed by atoms with Crippen LogP contribution >= 0.6 is 22.9 Å². The zero-order chi connectivity index (χ0) is 27.6. The van der Waals surface area contributed by atoms with Gasteiger partial charge >= 0.3 is 5.97 Å². The van der Waals surface area contributed by atoms with Gasteiger partial charge in [0, 0.05) is 10.6 Å². The Labute approximate surface area is 229 Å². The molecule has 1 aromatic heterocycles. The van der Waals surface area contributed by atoms with Gasteiger partial charge in [-0.05, 0) is 69.7 Å². The van der Waals surface area contributed by atoms with Crippen LogP contribution in [0.4, 0.5) is 0 Å². The van der Waals surface area contributed by atoms with Crippen molar-refractivity contribution in [2.75, 3.05) is 20.8 Å². The number of hydrogen-bond donors (Lipinski definition) is 0. The first-order valence-electron chi connectivity index (χ1n) is 12.1. The number of nitrogens with zero attached hydrogens (tertiary/aromatic N) is 2. The van der Waals surface area contributed by atoms with Gasteiger partial charge in [-0.25, -0.2) is 9.79 Å². The third-order valence-corrected chi connectivity index (χ3v) is 7.08. The van der Waals surface area contributed by atoms with E-state index in [-0.39, 0.29) is 23.8 Å². The molecule has 1 aliphatic rings. The summed E-state index contributed by atoms with van der Waals surface area (Å²) in [6, 6.07) is 9.78. The van der Waals surface area contributed by atoms with Crippen LogP contribution in [0.15, 0.2) is 57.5 Å². The number of carbonyl (C=O) groups excluding carboxylic acids is 1. The van der Waals surface area contributed by atoms with Gasteiger partial charge in [0.25, 0.3) is 5.56 Å². The predicted octanol–water partition coefficient (Wildman–Crippen LogP) is 4.26. The van der Waals surface area contributed by atoms with Crippen molar-refractivity contribution in [1.29, 1.82) is 0 Å². The second-order valence-corrected chi connectivity index (χ2v) is 10.2. The van der Waals surface area contributed by atoms with Crippen molar-refractivity contribution in [3.05, 3.63) is 83.5 Å². The molecule has 0 fully saturated rings. The number of carbonyl (C=O) groups is 1. The number of ether oxygens (including phenoxy) is 4. The van der Waals surface area contributed by atoms with Crippen LogP contribution in [0.1, 0.15) is 44.9 Å². The van der Waals surface area contributed by atoms with Crippen LogP contribution in [0.2, 0.25) is 5.02 Å². The standard InChI is InChI=1S/C28H29ClN2O6S/c1-7-36-27(33)24-16(4)30-28-31(25(24)17-8-10-21(34-5)22(13-17)35-6)26(32)23(38-28)14-18-12-19(29)9-11-20(18)37-15(2)3/h8-15,25H,7H2,1-6H3/b23-14+/t25-/m1/s1. The fourth-order valence-corrected chi connectivity index (χ4v) is 5.48. The summed E-state index contributed by atoms with van der Waals surface area (Å²) >= 11 is 7.49. The first-order chi connectivity index (χ1) is 18.2. The molecule has 0 saturated carbocycles.